The van der Waals surface area contributed by atoms with Gasteiger partial charge in [-0.1, -0.05) is 24.3 Å². The molecule has 7 heteroatoms. The lowest BCUT2D eigenvalue weighted by Crippen LogP contribution is -2.38. The maximum Gasteiger partial charge on any atom is 0.191 e. The molecule has 0 saturated carbocycles. The lowest BCUT2D eigenvalue weighted by Gasteiger charge is -2.12. The Morgan fingerprint density at radius 3 is 2.81 bits per heavy atom. The first kappa shape index (κ1) is 20.7. The molecule has 0 unspecified atom stereocenters. The van der Waals surface area contributed by atoms with Crippen LogP contribution in [0.2, 0.25) is 0 Å². The Bertz CT molecular complexity index is 1140. The van der Waals surface area contributed by atoms with E-state index in [1.54, 1.807) is 6.20 Å². The van der Waals surface area contributed by atoms with Crippen molar-refractivity contribution in [3.63, 3.8) is 0 Å². The second kappa shape index (κ2) is 9.93. The van der Waals surface area contributed by atoms with Gasteiger partial charge in [-0.2, -0.15) is 5.10 Å². The van der Waals surface area contributed by atoms with E-state index >= 15 is 0 Å². The number of fused-ring (bicyclic) bond motifs is 1. The molecule has 0 radical (unpaired) electrons. The molecule has 4 rings (SSSR count). The average Bonchev–Trinajstić information content (AvgIpc) is 3.43. The number of benzene rings is 2. The summed E-state index contributed by atoms with van der Waals surface area (Å²) >= 11 is 0. The summed E-state index contributed by atoms with van der Waals surface area (Å²) in [5.74, 6) is 1.89. The van der Waals surface area contributed by atoms with E-state index in [1.807, 2.05) is 35.1 Å². The summed E-state index contributed by atoms with van der Waals surface area (Å²) in [5, 5.41) is 11.1. The van der Waals surface area contributed by atoms with Crippen molar-refractivity contribution in [2.75, 3.05) is 13.1 Å². The average molecular weight is 416 g/mol. The highest BCUT2D eigenvalue weighted by Crippen LogP contribution is 2.15. The maximum atomic E-state index is 4.75. The number of aryl methyl sites for hydroxylation is 2. The van der Waals surface area contributed by atoms with Gasteiger partial charge in [-0.15, -0.1) is 0 Å². The third-order valence-corrected chi connectivity index (χ3v) is 5.14. The molecule has 7 nitrogen and oxygen atoms in total. The number of aromatic nitrogens is 4. The first-order valence-corrected chi connectivity index (χ1v) is 10.8. The monoisotopic (exact) mass is 415 g/mol. The molecule has 4 aromatic rings. The fourth-order valence-corrected chi connectivity index (χ4v) is 3.65. The molecule has 0 spiro atoms. The van der Waals surface area contributed by atoms with E-state index in [0.29, 0.717) is 6.54 Å². The number of hydrogen-bond donors (Lipinski definition) is 2. The van der Waals surface area contributed by atoms with Crippen LogP contribution in [0, 0.1) is 6.92 Å². The van der Waals surface area contributed by atoms with Crippen molar-refractivity contribution in [2.24, 2.45) is 4.99 Å². The zero-order valence-electron chi connectivity index (χ0n) is 18.1. The predicted octanol–water partition coefficient (Wildman–Crippen LogP) is 3.68. The standard InChI is InChI=1S/C24H29N7/c1-3-25-24(27-18-20-9-6-10-21(17-20)31-16-8-14-28-31)26-13-7-15-30-19(2)29-22-11-4-5-12-23(22)30/h4-6,8-12,14,16-17H,3,7,13,15,18H2,1-2H3,(H2,25,26,27). The van der Waals surface area contributed by atoms with E-state index in [0.717, 1.165) is 54.6 Å². The van der Waals surface area contributed by atoms with Crippen LogP contribution in [0.25, 0.3) is 16.7 Å². The number of rotatable bonds is 8. The molecule has 2 aromatic heterocycles. The molecule has 0 saturated heterocycles. The van der Waals surface area contributed by atoms with Crippen molar-refractivity contribution in [1.29, 1.82) is 0 Å². The number of hydrogen-bond acceptors (Lipinski definition) is 3. The number of nitrogens with zero attached hydrogens (tertiary/aromatic N) is 5. The molecular weight excluding hydrogens is 386 g/mol. The van der Waals surface area contributed by atoms with Crippen LogP contribution in [0.1, 0.15) is 24.7 Å². The van der Waals surface area contributed by atoms with Crippen LogP contribution in [0.5, 0.6) is 0 Å². The predicted molar refractivity (Wildman–Crippen MR) is 125 cm³/mol. The second-order valence-electron chi connectivity index (χ2n) is 7.40. The number of para-hydroxylation sites is 2. The minimum Gasteiger partial charge on any atom is -0.357 e. The highest BCUT2D eigenvalue weighted by molar-refractivity contribution is 5.79. The number of imidazole rings is 1. The molecule has 0 bridgehead atoms. The molecule has 0 aliphatic carbocycles. The topological polar surface area (TPSA) is 72.1 Å². The van der Waals surface area contributed by atoms with Gasteiger partial charge in [0, 0.05) is 32.0 Å². The number of nitrogens with one attached hydrogen (secondary N) is 2. The smallest absolute Gasteiger partial charge is 0.191 e. The first-order valence-electron chi connectivity index (χ1n) is 10.8. The number of guanidine groups is 1. The normalized spacial score (nSPS) is 11.7. The summed E-state index contributed by atoms with van der Waals surface area (Å²) in [7, 11) is 0. The fraction of sp³-hybridized carbons (Fsp3) is 0.292. The van der Waals surface area contributed by atoms with Crippen LogP contribution < -0.4 is 10.6 Å². The van der Waals surface area contributed by atoms with Crippen LogP contribution in [0.15, 0.2) is 72.0 Å². The van der Waals surface area contributed by atoms with Crippen molar-refractivity contribution in [3.8, 4) is 5.69 Å². The summed E-state index contributed by atoms with van der Waals surface area (Å²) < 4.78 is 4.14. The Morgan fingerprint density at radius 2 is 1.97 bits per heavy atom. The quantitative estimate of drug-likeness (QED) is 0.262. The lowest BCUT2D eigenvalue weighted by atomic mass is 10.2. The Hall–Kier alpha value is -3.61. The third kappa shape index (κ3) is 5.12. The Morgan fingerprint density at radius 1 is 1.06 bits per heavy atom. The van der Waals surface area contributed by atoms with Gasteiger partial charge < -0.3 is 15.2 Å². The highest BCUT2D eigenvalue weighted by Gasteiger charge is 2.06. The zero-order chi connectivity index (χ0) is 21.5. The van der Waals surface area contributed by atoms with E-state index in [-0.39, 0.29) is 0 Å². The molecule has 0 amide bonds. The molecule has 160 valence electrons. The summed E-state index contributed by atoms with van der Waals surface area (Å²) in [4.78, 5) is 9.40. The van der Waals surface area contributed by atoms with Crippen LogP contribution in [-0.2, 0) is 13.1 Å². The van der Waals surface area contributed by atoms with Gasteiger partial charge in [0.15, 0.2) is 5.96 Å². The maximum absolute atomic E-state index is 4.75. The van der Waals surface area contributed by atoms with Crippen LogP contribution in [-0.4, -0.2) is 38.4 Å². The Labute approximate surface area is 182 Å². The van der Waals surface area contributed by atoms with Gasteiger partial charge in [0.25, 0.3) is 0 Å². The van der Waals surface area contributed by atoms with Gasteiger partial charge >= 0.3 is 0 Å². The van der Waals surface area contributed by atoms with Gasteiger partial charge in [-0.05, 0) is 56.2 Å². The lowest BCUT2D eigenvalue weighted by molar-refractivity contribution is 0.624. The summed E-state index contributed by atoms with van der Waals surface area (Å²) in [6.07, 6.45) is 4.71. The van der Waals surface area contributed by atoms with E-state index in [1.165, 1.54) is 5.52 Å². The third-order valence-electron chi connectivity index (χ3n) is 5.14. The minimum absolute atomic E-state index is 0.607. The highest BCUT2D eigenvalue weighted by atomic mass is 15.3. The van der Waals surface area contributed by atoms with Crippen LogP contribution >= 0.6 is 0 Å². The molecule has 0 aliphatic heterocycles. The Kier molecular flexibility index (Phi) is 6.62. The van der Waals surface area contributed by atoms with Crippen LogP contribution in [0.3, 0.4) is 0 Å². The first-order chi connectivity index (χ1) is 15.2. The molecule has 2 N–H and O–H groups in total. The SMILES string of the molecule is CCNC(=NCc1cccc(-n2cccn2)c1)NCCCn1c(C)nc2ccccc21. The number of aliphatic imine (C=N–C) groups is 1. The summed E-state index contributed by atoms with van der Waals surface area (Å²) in [6, 6.07) is 18.5. The van der Waals surface area contributed by atoms with E-state index in [9.17, 15) is 0 Å². The molecule has 31 heavy (non-hydrogen) atoms. The zero-order valence-corrected chi connectivity index (χ0v) is 18.1. The molecule has 0 aliphatic rings. The molecule has 0 fully saturated rings. The van der Waals surface area contributed by atoms with Crippen molar-refractivity contribution in [2.45, 2.75) is 33.4 Å². The van der Waals surface area contributed by atoms with Crippen molar-refractivity contribution in [1.82, 2.24) is 30.0 Å². The van der Waals surface area contributed by atoms with Crippen molar-refractivity contribution >= 4 is 17.0 Å². The van der Waals surface area contributed by atoms with Gasteiger partial charge in [0.2, 0.25) is 0 Å². The van der Waals surface area contributed by atoms with E-state index in [2.05, 4.69) is 69.5 Å². The molecule has 2 heterocycles. The van der Waals surface area contributed by atoms with E-state index < -0.39 is 0 Å². The van der Waals surface area contributed by atoms with Gasteiger partial charge in [0.05, 0.1) is 23.3 Å². The molecule has 2 aromatic carbocycles. The Balaban J connectivity index is 1.34. The van der Waals surface area contributed by atoms with Gasteiger partial charge in [0.1, 0.15) is 5.82 Å². The molecule has 0 atom stereocenters. The minimum atomic E-state index is 0.607. The largest absolute Gasteiger partial charge is 0.357 e. The van der Waals surface area contributed by atoms with E-state index in [4.69, 9.17) is 4.99 Å². The van der Waals surface area contributed by atoms with Crippen LogP contribution in [0.4, 0.5) is 0 Å². The van der Waals surface area contributed by atoms with Gasteiger partial charge in [-0.25, -0.2) is 14.7 Å². The van der Waals surface area contributed by atoms with Gasteiger partial charge in [-0.3, -0.25) is 0 Å². The van der Waals surface area contributed by atoms with Crippen molar-refractivity contribution in [3.05, 3.63) is 78.4 Å². The second-order valence-corrected chi connectivity index (χ2v) is 7.40. The summed E-state index contributed by atoms with van der Waals surface area (Å²) in [6.45, 7) is 7.34. The molecular formula is C24H29N7. The summed E-state index contributed by atoms with van der Waals surface area (Å²) in [5.41, 5.74) is 4.43. The fourth-order valence-electron chi connectivity index (χ4n) is 3.65. The van der Waals surface area contributed by atoms with Crippen molar-refractivity contribution < 1.29 is 0 Å².